The van der Waals surface area contributed by atoms with Crippen molar-refractivity contribution >= 4 is 46.5 Å². The molecule has 0 bridgehead atoms. The Hall–Kier alpha value is -1.50. The van der Waals surface area contributed by atoms with Crippen molar-refractivity contribution in [3.05, 3.63) is 56.7 Å². The zero-order valence-electron chi connectivity index (χ0n) is 14.5. The Morgan fingerprint density at radius 3 is 2.92 bits per heavy atom. The van der Waals surface area contributed by atoms with Gasteiger partial charge in [0.15, 0.2) is 0 Å². The molecule has 7 heteroatoms. The molecule has 2 heterocycles. The van der Waals surface area contributed by atoms with Crippen LogP contribution in [0.15, 0.2) is 35.7 Å². The number of thioether (sulfide) groups is 1. The highest BCUT2D eigenvalue weighted by atomic mass is 35.5. The van der Waals surface area contributed by atoms with Crippen molar-refractivity contribution in [1.82, 2.24) is 10.2 Å². The third-order valence-electron chi connectivity index (χ3n) is 4.45. The minimum absolute atomic E-state index is 0.0173. The van der Waals surface area contributed by atoms with Gasteiger partial charge in [0.05, 0.1) is 10.6 Å². The van der Waals surface area contributed by atoms with Crippen LogP contribution in [-0.4, -0.2) is 41.3 Å². The SMILES string of the molecule is CSCCC(NC(=O)c1ccccc1Cl)C(=O)N1CCc2sccc2C1. The van der Waals surface area contributed by atoms with E-state index < -0.39 is 6.04 Å². The van der Waals surface area contributed by atoms with Crippen molar-refractivity contribution in [2.24, 2.45) is 0 Å². The molecule has 0 aliphatic carbocycles. The molecule has 0 saturated carbocycles. The van der Waals surface area contributed by atoms with Crippen LogP contribution >= 0.6 is 34.7 Å². The first kappa shape index (κ1) is 19.3. The van der Waals surface area contributed by atoms with Crippen LogP contribution in [0.2, 0.25) is 5.02 Å². The first-order valence-electron chi connectivity index (χ1n) is 8.48. The van der Waals surface area contributed by atoms with Gasteiger partial charge < -0.3 is 10.2 Å². The predicted molar refractivity (Wildman–Crippen MR) is 109 cm³/mol. The van der Waals surface area contributed by atoms with E-state index in [1.807, 2.05) is 11.2 Å². The molecule has 1 unspecified atom stereocenters. The number of rotatable bonds is 6. The Bertz CT molecular complexity index is 793. The summed E-state index contributed by atoms with van der Waals surface area (Å²) in [5.74, 6) is 0.483. The molecule has 138 valence electrons. The van der Waals surface area contributed by atoms with Gasteiger partial charge in [-0.25, -0.2) is 0 Å². The van der Waals surface area contributed by atoms with Gasteiger partial charge in [0.1, 0.15) is 6.04 Å². The third-order valence-corrected chi connectivity index (χ3v) is 6.45. The highest BCUT2D eigenvalue weighted by Crippen LogP contribution is 2.25. The molecule has 1 aliphatic heterocycles. The van der Waals surface area contributed by atoms with E-state index in [4.69, 9.17) is 11.6 Å². The summed E-state index contributed by atoms with van der Waals surface area (Å²) in [6.45, 7) is 1.32. The average molecular weight is 409 g/mol. The van der Waals surface area contributed by atoms with Gasteiger partial charge in [0, 0.05) is 18.0 Å². The van der Waals surface area contributed by atoms with Crippen LogP contribution in [0.4, 0.5) is 0 Å². The number of hydrogen-bond donors (Lipinski definition) is 1. The summed E-state index contributed by atoms with van der Waals surface area (Å²) in [4.78, 5) is 28.9. The molecule has 0 spiro atoms. The normalized spacial score (nSPS) is 14.6. The molecule has 4 nitrogen and oxygen atoms in total. The number of nitrogens with zero attached hydrogens (tertiary/aromatic N) is 1. The Balaban J connectivity index is 1.72. The summed E-state index contributed by atoms with van der Waals surface area (Å²) >= 11 is 9.53. The Morgan fingerprint density at radius 1 is 1.35 bits per heavy atom. The maximum absolute atomic E-state index is 13.1. The average Bonchev–Trinajstić information content (AvgIpc) is 3.12. The molecule has 0 saturated heterocycles. The quantitative estimate of drug-likeness (QED) is 0.790. The van der Waals surface area contributed by atoms with Gasteiger partial charge in [-0.3, -0.25) is 9.59 Å². The van der Waals surface area contributed by atoms with Crippen LogP contribution in [0.3, 0.4) is 0 Å². The monoisotopic (exact) mass is 408 g/mol. The lowest BCUT2D eigenvalue weighted by Crippen LogP contribution is -2.50. The first-order valence-corrected chi connectivity index (χ1v) is 11.1. The number of fused-ring (bicyclic) bond motifs is 1. The van der Waals surface area contributed by atoms with Crippen LogP contribution in [0.25, 0.3) is 0 Å². The number of benzene rings is 1. The van der Waals surface area contributed by atoms with Crippen LogP contribution < -0.4 is 5.32 Å². The summed E-state index contributed by atoms with van der Waals surface area (Å²) in [6.07, 6.45) is 3.48. The molecule has 0 fully saturated rings. The molecule has 1 atom stereocenters. The van der Waals surface area contributed by atoms with Crippen LogP contribution in [-0.2, 0) is 17.8 Å². The van der Waals surface area contributed by atoms with Gasteiger partial charge in [-0.2, -0.15) is 11.8 Å². The highest BCUT2D eigenvalue weighted by molar-refractivity contribution is 7.98. The fourth-order valence-corrected chi connectivity index (χ4v) is 4.61. The van der Waals surface area contributed by atoms with E-state index in [0.717, 1.165) is 12.2 Å². The zero-order valence-corrected chi connectivity index (χ0v) is 16.9. The molecule has 1 aromatic carbocycles. The van der Waals surface area contributed by atoms with E-state index in [2.05, 4.69) is 16.8 Å². The molecular weight excluding hydrogens is 388 g/mol. The largest absolute Gasteiger partial charge is 0.340 e. The van der Waals surface area contributed by atoms with E-state index in [0.29, 0.717) is 30.1 Å². The number of carbonyl (C=O) groups excluding carboxylic acids is 2. The second-order valence-corrected chi connectivity index (χ2v) is 8.56. The summed E-state index contributed by atoms with van der Waals surface area (Å²) in [5, 5.41) is 5.36. The van der Waals surface area contributed by atoms with Crippen LogP contribution in [0.5, 0.6) is 0 Å². The Kier molecular flexibility index (Phi) is 6.62. The number of hydrogen-bond acceptors (Lipinski definition) is 4. The molecule has 3 rings (SSSR count). The van der Waals surface area contributed by atoms with Crippen molar-refractivity contribution in [2.45, 2.75) is 25.4 Å². The minimum Gasteiger partial charge on any atom is -0.340 e. The summed E-state index contributed by atoms with van der Waals surface area (Å²) < 4.78 is 0. The fourth-order valence-electron chi connectivity index (χ4n) is 3.03. The molecule has 1 aliphatic rings. The zero-order chi connectivity index (χ0) is 18.5. The first-order chi connectivity index (χ1) is 12.6. The van der Waals surface area contributed by atoms with E-state index >= 15 is 0 Å². The second kappa shape index (κ2) is 8.93. The van der Waals surface area contributed by atoms with Crippen LogP contribution in [0, 0.1) is 0 Å². The third kappa shape index (κ3) is 4.42. The van der Waals surface area contributed by atoms with Crippen LogP contribution in [0.1, 0.15) is 27.2 Å². The molecule has 0 radical (unpaired) electrons. The van der Waals surface area contributed by atoms with Gasteiger partial charge in [-0.05, 0) is 54.0 Å². The lowest BCUT2D eigenvalue weighted by molar-refractivity contribution is -0.134. The molecule has 26 heavy (non-hydrogen) atoms. The van der Waals surface area contributed by atoms with E-state index in [1.165, 1.54) is 10.4 Å². The van der Waals surface area contributed by atoms with Gasteiger partial charge in [-0.1, -0.05) is 23.7 Å². The van der Waals surface area contributed by atoms with Crippen molar-refractivity contribution in [3.8, 4) is 0 Å². The highest BCUT2D eigenvalue weighted by Gasteiger charge is 2.29. The molecule has 1 aromatic heterocycles. The second-order valence-electron chi connectivity index (χ2n) is 6.17. The molecule has 2 aromatic rings. The Labute approximate surface area is 166 Å². The van der Waals surface area contributed by atoms with Crippen molar-refractivity contribution < 1.29 is 9.59 Å². The predicted octanol–water partition coefficient (Wildman–Crippen LogP) is 3.84. The van der Waals surface area contributed by atoms with E-state index in [9.17, 15) is 9.59 Å². The smallest absolute Gasteiger partial charge is 0.253 e. The summed E-state index contributed by atoms with van der Waals surface area (Å²) in [7, 11) is 0. The lowest BCUT2D eigenvalue weighted by Gasteiger charge is -2.31. The standard InChI is InChI=1S/C19H21ClN2O2S2/c1-25-10-8-16(21-18(23)14-4-2-3-5-15(14)20)19(24)22-9-6-17-13(12-22)7-11-26-17/h2-5,7,11,16H,6,8-10,12H2,1H3,(H,21,23). The van der Waals surface area contributed by atoms with Gasteiger partial charge in [0.25, 0.3) is 5.91 Å². The minimum atomic E-state index is -0.536. The van der Waals surface area contributed by atoms with Crippen molar-refractivity contribution in [3.63, 3.8) is 0 Å². The summed E-state index contributed by atoms with van der Waals surface area (Å²) in [6, 6.07) is 8.44. The van der Waals surface area contributed by atoms with Crippen molar-refractivity contribution in [2.75, 3.05) is 18.6 Å². The maximum Gasteiger partial charge on any atom is 0.253 e. The van der Waals surface area contributed by atoms with Gasteiger partial charge in [-0.15, -0.1) is 11.3 Å². The maximum atomic E-state index is 13.1. The molecule has 2 amide bonds. The molecular formula is C19H21ClN2O2S2. The number of carbonyl (C=O) groups is 2. The number of amides is 2. The number of thiophene rings is 1. The van der Waals surface area contributed by atoms with Gasteiger partial charge >= 0.3 is 0 Å². The fraction of sp³-hybridized carbons (Fsp3) is 0.368. The lowest BCUT2D eigenvalue weighted by atomic mass is 10.1. The van der Waals surface area contributed by atoms with Crippen molar-refractivity contribution in [1.29, 1.82) is 0 Å². The number of nitrogens with one attached hydrogen (secondary N) is 1. The van der Waals surface area contributed by atoms with E-state index in [-0.39, 0.29) is 11.8 Å². The molecule has 1 N–H and O–H groups in total. The summed E-state index contributed by atoms with van der Waals surface area (Å²) in [5.41, 5.74) is 1.62. The van der Waals surface area contributed by atoms with Gasteiger partial charge in [0.2, 0.25) is 5.91 Å². The Morgan fingerprint density at radius 2 is 2.15 bits per heavy atom. The van der Waals surface area contributed by atoms with E-state index in [1.54, 1.807) is 47.4 Å². The topological polar surface area (TPSA) is 49.4 Å². The number of halogens is 1.